The summed E-state index contributed by atoms with van der Waals surface area (Å²) >= 11 is 0. The normalized spacial score (nSPS) is 23.8. The molecule has 106 valence electrons. The standard InChI is InChI=1S/C17H28N2/c1-13-7-6-9-16(14(13)2)12-19(3)17-10-5-4-8-15(17)11-18/h6-7,9,15,17H,4-5,8,10-12,18H2,1-3H3. The summed E-state index contributed by atoms with van der Waals surface area (Å²) in [5.41, 5.74) is 10.2. The van der Waals surface area contributed by atoms with Gasteiger partial charge in [-0.2, -0.15) is 0 Å². The molecule has 1 saturated carbocycles. The lowest BCUT2D eigenvalue weighted by atomic mass is 9.83. The lowest BCUT2D eigenvalue weighted by Crippen LogP contribution is -2.42. The second kappa shape index (κ2) is 6.53. The van der Waals surface area contributed by atoms with Gasteiger partial charge in [0.05, 0.1) is 0 Å². The van der Waals surface area contributed by atoms with Gasteiger partial charge in [-0.05, 0) is 62.9 Å². The lowest BCUT2D eigenvalue weighted by Gasteiger charge is -2.37. The van der Waals surface area contributed by atoms with Gasteiger partial charge >= 0.3 is 0 Å². The Morgan fingerprint density at radius 2 is 1.95 bits per heavy atom. The maximum atomic E-state index is 5.95. The van der Waals surface area contributed by atoms with Crippen molar-refractivity contribution in [2.45, 2.75) is 52.1 Å². The van der Waals surface area contributed by atoms with Gasteiger partial charge in [0.25, 0.3) is 0 Å². The van der Waals surface area contributed by atoms with Crippen molar-refractivity contribution < 1.29 is 0 Å². The molecule has 0 amide bonds. The van der Waals surface area contributed by atoms with E-state index in [4.69, 9.17) is 5.73 Å². The summed E-state index contributed by atoms with van der Waals surface area (Å²) in [5, 5.41) is 0. The lowest BCUT2D eigenvalue weighted by molar-refractivity contribution is 0.127. The van der Waals surface area contributed by atoms with Crippen molar-refractivity contribution in [3.8, 4) is 0 Å². The Labute approximate surface area is 118 Å². The van der Waals surface area contributed by atoms with Gasteiger partial charge < -0.3 is 5.73 Å². The second-order valence-corrected chi connectivity index (χ2v) is 6.12. The molecule has 0 aliphatic heterocycles. The van der Waals surface area contributed by atoms with Crippen LogP contribution in [0.5, 0.6) is 0 Å². The van der Waals surface area contributed by atoms with Crippen LogP contribution in [0.4, 0.5) is 0 Å². The highest BCUT2D eigenvalue weighted by Gasteiger charge is 2.27. The molecule has 1 aromatic rings. The number of hydrogen-bond acceptors (Lipinski definition) is 2. The molecule has 1 aliphatic carbocycles. The first-order valence-electron chi connectivity index (χ1n) is 7.59. The molecular weight excluding hydrogens is 232 g/mol. The van der Waals surface area contributed by atoms with Gasteiger partial charge in [-0.15, -0.1) is 0 Å². The van der Waals surface area contributed by atoms with Gasteiger partial charge in [0.15, 0.2) is 0 Å². The summed E-state index contributed by atoms with van der Waals surface area (Å²) in [6.07, 6.45) is 5.33. The topological polar surface area (TPSA) is 29.3 Å². The van der Waals surface area contributed by atoms with Crippen LogP contribution in [0.3, 0.4) is 0 Å². The van der Waals surface area contributed by atoms with Crippen molar-refractivity contribution in [3.63, 3.8) is 0 Å². The first-order chi connectivity index (χ1) is 9.13. The fourth-order valence-corrected chi connectivity index (χ4v) is 3.41. The van der Waals surface area contributed by atoms with Crippen LogP contribution in [-0.2, 0) is 6.54 Å². The maximum absolute atomic E-state index is 5.95. The van der Waals surface area contributed by atoms with Gasteiger partial charge in [-0.1, -0.05) is 31.0 Å². The third-order valence-electron chi connectivity index (χ3n) is 4.87. The molecule has 1 fully saturated rings. The van der Waals surface area contributed by atoms with Gasteiger partial charge in [-0.25, -0.2) is 0 Å². The summed E-state index contributed by atoms with van der Waals surface area (Å²) in [7, 11) is 2.26. The molecule has 0 spiro atoms. The summed E-state index contributed by atoms with van der Waals surface area (Å²) in [5.74, 6) is 0.684. The first-order valence-corrected chi connectivity index (χ1v) is 7.59. The molecule has 1 aromatic carbocycles. The SMILES string of the molecule is Cc1cccc(CN(C)C2CCCCC2CN)c1C. The smallest absolute Gasteiger partial charge is 0.0236 e. The third kappa shape index (κ3) is 3.37. The molecule has 0 saturated heterocycles. The van der Waals surface area contributed by atoms with Crippen molar-refractivity contribution in [2.24, 2.45) is 11.7 Å². The Kier molecular flexibility index (Phi) is 5.00. The molecule has 0 bridgehead atoms. The fraction of sp³-hybridized carbons (Fsp3) is 0.647. The van der Waals surface area contributed by atoms with E-state index in [1.807, 2.05) is 0 Å². The van der Waals surface area contributed by atoms with Crippen molar-refractivity contribution in [1.29, 1.82) is 0 Å². The quantitative estimate of drug-likeness (QED) is 0.900. The maximum Gasteiger partial charge on any atom is 0.0236 e. The zero-order valence-electron chi connectivity index (χ0n) is 12.7. The largest absolute Gasteiger partial charge is 0.330 e. The minimum Gasteiger partial charge on any atom is -0.330 e. The predicted octanol–water partition coefficient (Wildman–Crippen LogP) is 3.25. The number of nitrogens with zero attached hydrogens (tertiary/aromatic N) is 1. The average Bonchev–Trinajstić information content (AvgIpc) is 2.43. The van der Waals surface area contributed by atoms with E-state index < -0.39 is 0 Å². The Balaban J connectivity index is 2.07. The molecule has 1 aliphatic rings. The number of aryl methyl sites for hydroxylation is 1. The van der Waals surface area contributed by atoms with Crippen molar-refractivity contribution >= 4 is 0 Å². The molecule has 2 heteroatoms. The molecular formula is C17H28N2. The highest BCUT2D eigenvalue weighted by atomic mass is 15.1. The summed E-state index contributed by atoms with van der Waals surface area (Å²) < 4.78 is 0. The van der Waals surface area contributed by atoms with Crippen molar-refractivity contribution in [2.75, 3.05) is 13.6 Å². The van der Waals surface area contributed by atoms with E-state index in [2.05, 4.69) is 44.0 Å². The van der Waals surface area contributed by atoms with Gasteiger partial charge in [0, 0.05) is 12.6 Å². The first kappa shape index (κ1) is 14.5. The minimum absolute atomic E-state index is 0.665. The third-order valence-corrected chi connectivity index (χ3v) is 4.87. The Bertz CT molecular complexity index is 414. The van der Waals surface area contributed by atoms with Crippen LogP contribution in [-0.4, -0.2) is 24.5 Å². The van der Waals surface area contributed by atoms with Crippen LogP contribution >= 0.6 is 0 Å². The van der Waals surface area contributed by atoms with Crippen LogP contribution in [0.1, 0.15) is 42.4 Å². The summed E-state index contributed by atoms with van der Waals surface area (Å²) in [6, 6.07) is 7.30. The van der Waals surface area contributed by atoms with Crippen LogP contribution < -0.4 is 5.73 Å². The highest BCUT2D eigenvalue weighted by molar-refractivity contribution is 5.33. The van der Waals surface area contributed by atoms with E-state index >= 15 is 0 Å². The van der Waals surface area contributed by atoms with Crippen LogP contribution in [0.15, 0.2) is 18.2 Å². The highest BCUT2D eigenvalue weighted by Crippen LogP contribution is 2.28. The minimum atomic E-state index is 0.665. The second-order valence-electron chi connectivity index (χ2n) is 6.12. The molecule has 19 heavy (non-hydrogen) atoms. The number of hydrogen-bond donors (Lipinski definition) is 1. The zero-order chi connectivity index (χ0) is 13.8. The molecule has 2 N–H and O–H groups in total. The Hall–Kier alpha value is -0.860. The molecule has 0 radical (unpaired) electrons. The summed E-state index contributed by atoms with van der Waals surface area (Å²) in [4.78, 5) is 2.53. The number of rotatable bonds is 4. The molecule has 2 unspecified atom stereocenters. The average molecular weight is 260 g/mol. The van der Waals surface area contributed by atoms with E-state index in [0.29, 0.717) is 12.0 Å². The molecule has 2 atom stereocenters. The van der Waals surface area contributed by atoms with Gasteiger partial charge in [-0.3, -0.25) is 4.90 Å². The van der Waals surface area contributed by atoms with Gasteiger partial charge in [0.2, 0.25) is 0 Å². The molecule has 0 aromatic heterocycles. The molecule has 2 rings (SSSR count). The van der Waals surface area contributed by atoms with Crippen LogP contribution in [0.25, 0.3) is 0 Å². The van der Waals surface area contributed by atoms with Crippen molar-refractivity contribution in [3.05, 3.63) is 34.9 Å². The van der Waals surface area contributed by atoms with Gasteiger partial charge in [0.1, 0.15) is 0 Å². The van der Waals surface area contributed by atoms with Crippen LogP contribution in [0, 0.1) is 19.8 Å². The number of nitrogens with two attached hydrogens (primary N) is 1. The molecule has 2 nitrogen and oxygen atoms in total. The predicted molar refractivity (Wildman–Crippen MR) is 82.2 cm³/mol. The van der Waals surface area contributed by atoms with E-state index in [1.165, 1.54) is 42.4 Å². The fourth-order valence-electron chi connectivity index (χ4n) is 3.41. The monoisotopic (exact) mass is 260 g/mol. The zero-order valence-corrected chi connectivity index (χ0v) is 12.7. The molecule has 0 heterocycles. The Morgan fingerprint density at radius 3 is 2.68 bits per heavy atom. The van der Waals surface area contributed by atoms with Crippen molar-refractivity contribution in [1.82, 2.24) is 4.90 Å². The Morgan fingerprint density at radius 1 is 1.21 bits per heavy atom. The van der Waals surface area contributed by atoms with E-state index in [-0.39, 0.29) is 0 Å². The number of benzene rings is 1. The van der Waals surface area contributed by atoms with Crippen LogP contribution in [0.2, 0.25) is 0 Å². The summed E-state index contributed by atoms with van der Waals surface area (Å²) in [6.45, 7) is 6.32. The van der Waals surface area contributed by atoms with E-state index in [0.717, 1.165) is 13.1 Å². The van der Waals surface area contributed by atoms with E-state index in [1.54, 1.807) is 0 Å². The van der Waals surface area contributed by atoms with E-state index in [9.17, 15) is 0 Å².